The van der Waals surface area contributed by atoms with Crippen molar-refractivity contribution < 1.29 is 28.3 Å². The van der Waals surface area contributed by atoms with Crippen LogP contribution in [0.15, 0.2) is 65.3 Å². The molecule has 0 atom stereocenters. The van der Waals surface area contributed by atoms with Crippen LogP contribution in [0.5, 0.6) is 5.75 Å². The zero-order chi connectivity index (χ0) is 24.2. The van der Waals surface area contributed by atoms with E-state index in [0.717, 1.165) is 0 Å². The molecule has 5 rings (SSSR count). The number of fused-ring (bicyclic) bond motifs is 1. The monoisotopic (exact) mass is 475 g/mol. The number of furan rings is 1. The minimum Gasteiger partial charge on any atom is -0.467 e. The first kappa shape index (κ1) is 22.0. The highest BCUT2D eigenvalue weighted by Gasteiger charge is 2.25. The Bertz CT molecular complexity index is 1400. The summed E-state index contributed by atoms with van der Waals surface area (Å²) in [5.74, 6) is 0.296. The molecule has 35 heavy (non-hydrogen) atoms. The maximum atomic E-state index is 13.3. The van der Waals surface area contributed by atoms with E-state index >= 15 is 0 Å². The molecule has 0 spiro atoms. The minimum atomic E-state index is -0.779. The van der Waals surface area contributed by atoms with Gasteiger partial charge in [-0.25, -0.2) is 4.79 Å². The van der Waals surface area contributed by atoms with Crippen LogP contribution >= 0.6 is 0 Å². The Balaban J connectivity index is 1.48. The number of hydrogen-bond donors (Lipinski definition) is 0. The predicted molar refractivity (Wildman–Crippen MR) is 119 cm³/mol. The molecular weight excluding hydrogens is 458 g/mol. The first-order chi connectivity index (χ1) is 17.1. The van der Waals surface area contributed by atoms with E-state index in [1.54, 1.807) is 24.3 Å². The summed E-state index contributed by atoms with van der Waals surface area (Å²) in [6, 6.07) is 15.1. The number of esters is 1. The van der Waals surface area contributed by atoms with Crippen LogP contribution in [0.2, 0.25) is 0 Å². The van der Waals surface area contributed by atoms with Gasteiger partial charge in [-0.15, -0.1) is 5.10 Å². The first-order valence-electron chi connectivity index (χ1n) is 10.4. The smallest absolute Gasteiger partial charge is 0.357 e. The lowest BCUT2D eigenvalue weighted by molar-refractivity contribution is -0.385. The summed E-state index contributed by atoms with van der Waals surface area (Å²) in [6.45, 7) is -0.158. The predicted octanol–water partition coefficient (Wildman–Crippen LogP) is 3.45. The van der Waals surface area contributed by atoms with Crippen LogP contribution in [0.3, 0.4) is 0 Å². The SMILES string of the molecule is O=C(OCc1cc([N+](=O)[O-])cc2c1OCOC2)/C(=C\c1ccco1)n1nnnc1-c1ccccc1. The van der Waals surface area contributed by atoms with E-state index in [1.165, 1.54) is 29.2 Å². The largest absolute Gasteiger partial charge is 0.467 e. The van der Waals surface area contributed by atoms with Crippen LogP contribution in [0.1, 0.15) is 16.9 Å². The Labute approximate surface area is 197 Å². The zero-order valence-electron chi connectivity index (χ0n) is 18.1. The lowest BCUT2D eigenvalue weighted by atomic mass is 10.1. The maximum Gasteiger partial charge on any atom is 0.357 e. The number of non-ortho nitro benzene ring substituents is 1. The van der Waals surface area contributed by atoms with Crippen molar-refractivity contribution in [3.8, 4) is 17.1 Å². The van der Waals surface area contributed by atoms with E-state index < -0.39 is 10.9 Å². The number of hydrogen-bond acceptors (Lipinski definition) is 10. The number of aromatic nitrogens is 4. The Morgan fingerprint density at radius 3 is 2.83 bits per heavy atom. The third-order valence-electron chi connectivity index (χ3n) is 5.10. The second-order valence-electron chi connectivity index (χ2n) is 7.36. The molecule has 0 N–H and O–H groups in total. The van der Waals surface area contributed by atoms with Gasteiger partial charge in [-0.05, 0) is 22.6 Å². The molecule has 1 aliphatic heterocycles. The lowest BCUT2D eigenvalue weighted by Gasteiger charge is -2.20. The second-order valence-corrected chi connectivity index (χ2v) is 7.36. The molecule has 0 radical (unpaired) electrons. The fraction of sp³-hybridized carbons (Fsp3) is 0.130. The molecule has 3 heterocycles. The third kappa shape index (κ3) is 4.63. The number of nitrogens with zero attached hydrogens (tertiary/aromatic N) is 5. The fourth-order valence-corrected chi connectivity index (χ4v) is 3.54. The highest BCUT2D eigenvalue weighted by Crippen LogP contribution is 2.33. The van der Waals surface area contributed by atoms with Crippen LogP contribution in [-0.2, 0) is 27.5 Å². The third-order valence-corrected chi connectivity index (χ3v) is 5.10. The Kier molecular flexibility index (Phi) is 6.01. The molecule has 0 saturated carbocycles. The van der Waals surface area contributed by atoms with Gasteiger partial charge in [-0.1, -0.05) is 30.3 Å². The highest BCUT2D eigenvalue weighted by atomic mass is 16.7. The Morgan fingerprint density at radius 2 is 2.06 bits per heavy atom. The first-order valence-corrected chi connectivity index (χ1v) is 10.4. The van der Waals surface area contributed by atoms with Gasteiger partial charge in [0.15, 0.2) is 18.3 Å². The van der Waals surface area contributed by atoms with Gasteiger partial charge in [-0.3, -0.25) is 10.1 Å². The summed E-state index contributed by atoms with van der Waals surface area (Å²) in [5.41, 5.74) is 1.32. The fourth-order valence-electron chi connectivity index (χ4n) is 3.54. The van der Waals surface area contributed by atoms with Gasteiger partial charge in [0.1, 0.15) is 18.1 Å². The van der Waals surface area contributed by atoms with Crippen molar-refractivity contribution in [3.05, 3.63) is 87.9 Å². The number of tetrazole rings is 1. The van der Waals surface area contributed by atoms with Gasteiger partial charge in [0.05, 0.1) is 17.8 Å². The van der Waals surface area contributed by atoms with Crippen LogP contribution in [0.4, 0.5) is 5.69 Å². The average Bonchev–Trinajstić information content (AvgIpc) is 3.58. The van der Waals surface area contributed by atoms with Crippen molar-refractivity contribution in [1.82, 2.24) is 20.2 Å². The van der Waals surface area contributed by atoms with Crippen molar-refractivity contribution in [2.75, 3.05) is 6.79 Å². The van der Waals surface area contributed by atoms with Gasteiger partial charge in [0.2, 0.25) is 0 Å². The molecule has 0 aliphatic carbocycles. The molecule has 0 saturated heterocycles. The van der Waals surface area contributed by atoms with E-state index in [0.29, 0.717) is 34.0 Å². The highest BCUT2D eigenvalue weighted by molar-refractivity contribution is 6.15. The van der Waals surface area contributed by atoms with Crippen LogP contribution < -0.4 is 4.74 Å². The van der Waals surface area contributed by atoms with Crippen molar-refractivity contribution in [2.45, 2.75) is 13.2 Å². The van der Waals surface area contributed by atoms with Crippen LogP contribution in [0, 0.1) is 10.1 Å². The van der Waals surface area contributed by atoms with Crippen LogP contribution in [-0.4, -0.2) is 37.9 Å². The van der Waals surface area contributed by atoms with Crippen molar-refractivity contribution >= 4 is 23.4 Å². The number of carbonyl (C=O) groups excluding carboxylic acids is 1. The Hall–Kier alpha value is -4.84. The van der Waals surface area contributed by atoms with Gasteiger partial charge in [-0.2, -0.15) is 4.68 Å². The summed E-state index contributed by atoms with van der Waals surface area (Å²) in [6.07, 6.45) is 2.90. The van der Waals surface area contributed by atoms with E-state index in [1.807, 2.05) is 18.2 Å². The average molecular weight is 475 g/mol. The summed E-state index contributed by atoms with van der Waals surface area (Å²) < 4.78 is 22.9. The molecule has 12 heteroatoms. The van der Waals surface area contributed by atoms with Crippen LogP contribution in [0.25, 0.3) is 23.2 Å². The summed E-state index contributed by atoms with van der Waals surface area (Å²) in [7, 11) is 0. The number of benzene rings is 2. The summed E-state index contributed by atoms with van der Waals surface area (Å²) in [4.78, 5) is 24.1. The number of ether oxygens (including phenoxy) is 3. The normalized spacial score (nSPS) is 13.1. The molecular formula is C23H17N5O7. The summed E-state index contributed by atoms with van der Waals surface area (Å²) in [5, 5.41) is 23.1. The second kappa shape index (κ2) is 9.57. The standard InChI is InChI=1S/C23H17N5O7/c29-23(34-13-17-10-18(28(30)31)9-16-12-32-14-35-21(16)17)20(11-19-7-4-8-33-19)27-22(24-25-26-27)15-5-2-1-3-6-15/h1-11H,12-14H2/b20-11+. The van der Waals surface area contributed by atoms with Gasteiger partial charge >= 0.3 is 5.97 Å². The van der Waals surface area contributed by atoms with Gasteiger partial charge in [0, 0.05) is 34.9 Å². The summed E-state index contributed by atoms with van der Waals surface area (Å²) >= 11 is 0. The molecule has 4 aromatic rings. The molecule has 2 aromatic carbocycles. The maximum absolute atomic E-state index is 13.3. The molecule has 0 bridgehead atoms. The topological polar surface area (TPSA) is 145 Å². The lowest BCUT2D eigenvalue weighted by Crippen LogP contribution is -2.17. The molecule has 1 aliphatic rings. The van der Waals surface area contributed by atoms with Gasteiger partial charge < -0.3 is 18.6 Å². The van der Waals surface area contributed by atoms with E-state index in [-0.39, 0.29) is 31.4 Å². The number of carbonyl (C=O) groups is 1. The molecule has 12 nitrogen and oxygen atoms in total. The molecule has 0 amide bonds. The number of rotatable bonds is 7. The number of nitro benzene ring substituents is 1. The van der Waals surface area contributed by atoms with Crippen molar-refractivity contribution in [3.63, 3.8) is 0 Å². The molecule has 0 unspecified atom stereocenters. The van der Waals surface area contributed by atoms with E-state index in [9.17, 15) is 14.9 Å². The minimum absolute atomic E-state index is 0.0134. The van der Waals surface area contributed by atoms with Gasteiger partial charge in [0.25, 0.3) is 5.69 Å². The zero-order valence-corrected chi connectivity index (χ0v) is 18.1. The molecule has 176 valence electrons. The quantitative estimate of drug-likeness (QED) is 0.169. The van der Waals surface area contributed by atoms with E-state index in [4.69, 9.17) is 18.6 Å². The van der Waals surface area contributed by atoms with E-state index in [2.05, 4.69) is 15.5 Å². The van der Waals surface area contributed by atoms with Crippen molar-refractivity contribution in [2.24, 2.45) is 0 Å². The van der Waals surface area contributed by atoms with Crippen molar-refractivity contribution in [1.29, 1.82) is 0 Å². The molecule has 2 aromatic heterocycles. The number of nitro groups is 1. The Morgan fingerprint density at radius 1 is 1.20 bits per heavy atom. The molecule has 0 fully saturated rings.